The van der Waals surface area contributed by atoms with Crippen LogP contribution in [0.4, 0.5) is 11.4 Å². The monoisotopic (exact) mass is 386 g/mol. The van der Waals surface area contributed by atoms with Gasteiger partial charge in [-0.05, 0) is 29.7 Å². The van der Waals surface area contributed by atoms with Crippen molar-refractivity contribution in [1.82, 2.24) is 0 Å². The molecule has 0 heterocycles. The minimum Gasteiger partial charge on any atom is -0.324 e. The lowest BCUT2D eigenvalue weighted by Crippen LogP contribution is -2.23. The van der Waals surface area contributed by atoms with E-state index in [0.29, 0.717) is 17.8 Å². The zero-order valence-corrected chi connectivity index (χ0v) is 16.6. The highest BCUT2D eigenvalue weighted by Gasteiger charge is 2.23. The number of hydrogen-bond acceptors (Lipinski definition) is 2. The van der Waals surface area contributed by atoms with Crippen LogP contribution in [0.15, 0.2) is 84.9 Å². The van der Waals surface area contributed by atoms with Gasteiger partial charge in [-0.3, -0.25) is 9.59 Å². The average Bonchev–Trinajstić information content (AvgIpc) is 2.75. The van der Waals surface area contributed by atoms with Gasteiger partial charge >= 0.3 is 0 Å². The number of nitrogens with one attached hydrogen (secondary N) is 2. The maximum Gasteiger partial charge on any atom is 0.236 e. The molecule has 0 aromatic heterocycles. The fourth-order valence-corrected chi connectivity index (χ4v) is 3.24. The number of hydrogen-bond donors (Lipinski definition) is 2. The predicted molar refractivity (Wildman–Crippen MR) is 118 cm³/mol. The molecule has 2 N–H and O–H groups in total. The Bertz CT molecular complexity index is 900. The van der Waals surface area contributed by atoms with Gasteiger partial charge in [-0.1, -0.05) is 86.1 Å². The molecule has 0 aliphatic heterocycles. The summed E-state index contributed by atoms with van der Waals surface area (Å²) in [6.45, 7) is 2.05. The largest absolute Gasteiger partial charge is 0.324 e. The smallest absolute Gasteiger partial charge is 0.236 e. The highest BCUT2D eigenvalue weighted by atomic mass is 16.2. The first-order chi connectivity index (χ1) is 14.2. The topological polar surface area (TPSA) is 58.2 Å². The molecule has 0 fully saturated rings. The van der Waals surface area contributed by atoms with Crippen LogP contribution in [-0.4, -0.2) is 11.8 Å². The molecule has 0 radical (unpaired) electrons. The van der Waals surface area contributed by atoms with Crippen molar-refractivity contribution in [2.45, 2.75) is 32.1 Å². The Morgan fingerprint density at radius 3 is 1.72 bits per heavy atom. The van der Waals surface area contributed by atoms with Crippen LogP contribution < -0.4 is 10.6 Å². The Kier molecular flexibility index (Phi) is 7.17. The van der Waals surface area contributed by atoms with Crippen molar-refractivity contribution in [3.63, 3.8) is 0 Å². The van der Waals surface area contributed by atoms with Crippen LogP contribution in [0.2, 0.25) is 0 Å². The van der Waals surface area contributed by atoms with Gasteiger partial charge in [0.1, 0.15) is 0 Å². The van der Waals surface area contributed by atoms with Crippen LogP contribution in [-0.2, 0) is 9.59 Å². The molecular weight excluding hydrogens is 360 g/mol. The minimum absolute atomic E-state index is 0.0452. The van der Waals surface area contributed by atoms with E-state index in [-0.39, 0.29) is 11.8 Å². The minimum atomic E-state index is -0.443. The molecule has 4 nitrogen and oxygen atoms in total. The summed E-state index contributed by atoms with van der Waals surface area (Å²) in [6, 6.07) is 26.7. The van der Waals surface area contributed by atoms with Crippen LogP contribution in [0.3, 0.4) is 0 Å². The number of carbonyl (C=O) groups is 2. The third kappa shape index (κ3) is 5.55. The van der Waals surface area contributed by atoms with E-state index in [4.69, 9.17) is 0 Å². The van der Waals surface area contributed by atoms with Crippen molar-refractivity contribution >= 4 is 23.2 Å². The fourth-order valence-electron chi connectivity index (χ4n) is 3.24. The first kappa shape index (κ1) is 20.3. The van der Waals surface area contributed by atoms with Crippen LogP contribution in [0.1, 0.15) is 43.2 Å². The number of amides is 2. The Morgan fingerprint density at radius 2 is 1.21 bits per heavy atom. The van der Waals surface area contributed by atoms with E-state index in [1.165, 1.54) is 0 Å². The molecule has 2 amide bonds. The molecule has 3 aromatic rings. The molecule has 0 saturated heterocycles. The van der Waals surface area contributed by atoms with E-state index < -0.39 is 5.92 Å². The first-order valence-corrected chi connectivity index (χ1v) is 9.98. The second kappa shape index (κ2) is 10.2. The summed E-state index contributed by atoms with van der Waals surface area (Å²) < 4.78 is 0. The van der Waals surface area contributed by atoms with Crippen molar-refractivity contribution in [1.29, 1.82) is 0 Å². The Labute approximate surface area is 172 Å². The average molecular weight is 386 g/mol. The molecule has 0 aliphatic carbocycles. The normalized spacial score (nSPS) is 10.6. The summed E-state index contributed by atoms with van der Waals surface area (Å²) in [4.78, 5) is 25.5. The third-order valence-electron chi connectivity index (χ3n) is 4.74. The molecule has 0 aliphatic rings. The van der Waals surface area contributed by atoms with E-state index in [9.17, 15) is 9.59 Å². The summed E-state index contributed by atoms with van der Waals surface area (Å²) >= 11 is 0. The molecular formula is C25H26N2O2. The highest BCUT2D eigenvalue weighted by molar-refractivity contribution is 6.03. The van der Waals surface area contributed by atoms with E-state index in [1.54, 1.807) is 12.1 Å². The van der Waals surface area contributed by atoms with Crippen LogP contribution >= 0.6 is 0 Å². The Balaban J connectivity index is 1.85. The van der Waals surface area contributed by atoms with Gasteiger partial charge in [-0.15, -0.1) is 0 Å². The van der Waals surface area contributed by atoms with Gasteiger partial charge < -0.3 is 10.6 Å². The number of rotatable bonds is 8. The molecule has 3 rings (SSSR count). The SMILES string of the molecule is CCCCC(=O)Nc1ccccc1NC(=O)C(c1ccccc1)c1ccccc1. The molecule has 148 valence electrons. The number of carbonyl (C=O) groups excluding carboxylic acids is 2. The van der Waals surface area contributed by atoms with Crippen LogP contribution in [0.25, 0.3) is 0 Å². The summed E-state index contributed by atoms with van der Waals surface area (Å²) in [5.41, 5.74) is 3.04. The maximum absolute atomic E-state index is 13.3. The molecule has 29 heavy (non-hydrogen) atoms. The van der Waals surface area contributed by atoms with Gasteiger partial charge in [0, 0.05) is 6.42 Å². The van der Waals surface area contributed by atoms with Crippen molar-refractivity contribution < 1.29 is 9.59 Å². The molecule has 0 spiro atoms. The summed E-state index contributed by atoms with van der Waals surface area (Å²) in [5, 5.41) is 5.93. The first-order valence-electron chi connectivity index (χ1n) is 9.98. The van der Waals surface area contributed by atoms with E-state index in [1.807, 2.05) is 72.8 Å². The second-order valence-corrected chi connectivity index (χ2v) is 6.94. The summed E-state index contributed by atoms with van der Waals surface area (Å²) in [7, 11) is 0. The van der Waals surface area contributed by atoms with Gasteiger partial charge in [0.05, 0.1) is 17.3 Å². The zero-order chi connectivity index (χ0) is 20.5. The molecule has 4 heteroatoms. The van der Waals surface area contributed by atoms with E-state index >= 15 is 0 Å². The molecule has 3 aromatic carbocycles. The standard InChI is InChI=1S/C25H26N2O2/c1-2-3-18-23(28)26-21-16-10-11-17-22(21)27-25(29)24(19-12-6-4-7-13-19)20-14-8-5-9-15-20/h4-17,24H,2-3,18H2,1H3,(H,26,28)(H,27,29). The molecule has 0 atom stereocenters. The zero-order valence-electron chi connectivity index (χ0n) is 16.6. The van der Waals surface area contributed by atoms with Gasteiger partial charge in [0.25, 0.3) is 0 Å². The lowest BCUT2D eigenvalue weighted by atomic mass is 9.90. The fraction of sp³-hybridized carbons (Fsp3) is 0.200. The van der Waals surface area contributed by atoms with Gasteiger partial charge in [-0.25, -0.2) is 0 Å². The highest BCUT2D eigenvalue weighted by Crippen LogP contribution is 2.28. The van der Waals surface area contributed by atoms with Crippen LogP contribution in [0.5, 0.6) is 0 Å². The number of benzene rings is 3. The van der Waals surface area contributed by atoms with E-state index in [2.05, 4.69) is 17.6 Å². The second-order valence-electron chi connectivity index (χ2n) is 6.94. The number of para-hydroxylation sites is 2. The van der Waals surface area contributed by atoms with Crippen LogP contribution in [0, 0.1) is 0 Å². The van der Waals surface area contributed by atoms with Gasteiger partial charge in [-0.2, -0.15) is 0 Å². The third-order valence-corrected chi connectivity index (χ3v) is 4.74. The Hall–Kier alpha value is -3.40. The van der Waals surface area contributed by atoms with Gasteiger partial charge in [0.15, 0.2) is 0 Å². The maximum atomic E-state index is 13.3. The van der Waals surface area contributed by atoms with Gasteiger partial charge in [0.2, 0.25) is 11.8 Å². The molecule has 0 unspecified atom stereocenters. The van der Waals surface area contributed by atoms with Crippen molar-refractivity contribution in [2.75, 3.05) is 10.6 Å². The predicted octanol–water partition coefficient (Wildman–Crippen LogP) is 5.59. The number of unbranched alkanes of at least 4 members (excludes halogenated alkanes) is 1. The number of anilines is 2. The molecule has 0 saturated carbocycles. The molecule has 0 bridgehead atoms. The summed E-state index contributed by atoms with van der Waals surface area (Å²) in [6.07, 6.45) is 2.27. The van der Waals surface area contributed by atoms with Crippen molar-refractivity contribution in [3.05, 3.63) is 96.1 Å². The van der Waals surface area contributed by atoms with Crippen molar-refractivity contribution in [3.8, 4) is 0 Å². The summed E-state index contributed by atoms with van der Waals surface area (Å²) in [5.74, 6) is -0.630. The Morgan fingerprint density at radius 1 is 0.724 bits per heavy atom. The lowest BCUT2D eigenvalue weighted by molar-refractivity contribution is -0.117. The van der Waals surface area contributed by atoms with Crippen molar-refractivity contribution in [2.24, 2.45) is 0 Å². The van der Waals surface area contributed by atoms with E-state index in [0.717, 1.165) is 24.0 Å². The lowest BCUT2D eigenvalue weighted by Gasteiger charge is -2.19. The quantitative estimate of drug-likeness (QED) is 0.530.